The molecule has 1 unspecified atom stereocenters. The highest BCUT2D eigenvalue weighted by Crippen LogP contribution is 2.28. The van der Waals surface area contributed by atoms with Crippen molar-refractivity contribution in [2.75, 3.05) is 6.54 Å². The summed E-state index contributed by atoms with van der Waals surface area (Å²) in [6.07, 6.45) is 1.14. The smallest absolute Gasteiger partial charge is 0.0208 e. The van der Waals surface area contributed by atoms with Gasteiger partial charge in [0.15, 0.2) is 0 Å². The summed E-state index contributed by atoms with van der Waals surface area (Å²) in [5.74, 6) is 0.603. The van der Waals surface area contributed by atoms with Crippen LogP contribution in [0.25, 0.3) is 0 Å². The highest BCUT2D eigenvalue weighted by Gasteiger charge is 2.20. The van der Waals surface area contributed by atoms with Gasteiger partial charge in [-0.1, -0.05) is 48.0 Å². The Labute approximate surface area is 115 Å². The monoisotopic (exact) mass is 251 g/mol. The standard InChI is InChI=1S/C18H21N/c1-13-7-8-15(14(2)9-13)10-17-12-19-11-16-5-3-4-6-18(16)17/h3-9,17,19H,10-12H2,1-2H3. The van der Waals surface area contributed by atoms with Crippen molar-refractivity contribution < 1.29 is 0 Å². The Balaban J connectivity index is 1.88. The molecule has 1 aliphatic heterocycles. The normalized spacial score (nSPS) is 18.1. The molecule has 0 amide bonds. The molecule has 1 heterocycles. The van der Waals surface area contributed by atoms with Crippen molar-refractivity contribution in [3.8, 4) is 0 Å². The molecule has 0 spiro atoms. The summed E-state index contributed by atoms with van der Waals surface area (Å²) < 4.78 is 0. The fourth-order valence-electron chi connectivity index (χ4n) is 3.11. The first-order valence-electron chi connectivity index (χ1n) is 7.08. The van der Waals surface area contributed by atoms with Crippen LogP contribution in [-0.2, 0) is 13.0 Å². The lowest BCUT2D eigenvalue weighted by Gasteiger charge is -2.27. The third-order valence-corrected chi connectivity index (χ3v) is 4.17. The number of fused-ring (bicyclic) bond motifs is 1. The van der Waals surface area contributed by atoms with Crippen molar-refractivity contribution in [1.82, 2.24) is 5.32 Å². The Morgan fingerprint density at radius 3 is 2.79 bits per heavy atom. The molecule has 0 saturated carbocycles. The molecule has 1 aliphatic rings. The van der Waals surface area contributed by atoms with Gasteiger partial charge in [0, 0.05) is 19.0 Å². The minimum Gasteiger partial charge on any atom is -0.312 e. The summed E-state index contributed by atoms with van der Waals surface area (Å²) in [6, 6.07) is 15.7. The number of benzene rings is 2. The second-order valence-electron chi connectivity index (χ2n) is 5.66. The third-order valence-electron chi connectivity index (χ3n) is 4.17. The minimum absolute atomic E-state index is 0.603. The van der Waals surface area contributed by atoms with Gasteiger partial charge in [0.2, 0.25) is 0 Å². The summed E-state index contributed by atoms with van der Waals surface area (Å²) in [5, 5.41) is 3.54. The molecule has 3 rings (SSSR count). The third kappa shape index (κ3) is 2.57. The van der Waals surface area contributed by atoms with Crippen LogP contribution in [-0.4, -0.2) is 6.54 Å². The van der Waals surface area contributed by atoms with E-state index in [1.165, 1.54) is 27.8 Å². The molecule has 0 fully saturated rings. The maximum atomic E-state index is 3.54. The molecule has 19 heavy (non-hydrogen) atoms. The summed E-state index contributed by atoms with van der Waals surface area (Å²) >= 11 is 0. The largest absolute Gasteiger partial charge is 0.312 e. The van der Waals surface area contributed by atoms with Crippen LogP contribution in [0.1, 0.15) is 33.7 Å². The quantitative estimate of drug-likeness (QED) is 0.857. The fourth-order valence-corrected chi connectivity index (χ4v) is 3.11. The number of aryl methyl sites for hydroxylation is 2. The topological polar surface area (TPSA) is 12.0 Å². The molecule has 1 heteroatoms. The van der Waals surface area contributed by atoms with E-state index in [0.29, 0.717) is 5.92 Å². The van der Waals surface area contributed by atoms with E-state index in [9.17, 15) is 0 Å². The molecule has 1 N–H and O–H groups in total. The zero-order valence-electron chi connectivity index (χ0n) is 11.7. The van der Waals surface area contributed by atoms with Gasteiger partial charge < -0.3 is 5.32 Å². The Morgan fingerprint density at radius 1 is 1.11 bits per heavy atom. The molecule has 0 aromatic heterocycles. The Hall–Kier alpha value is -1.60. The molecule has 0 bridgehead atoms. The Bertz CT molecular complexity index is 586. The van der Waals surface area contributed by atoms with E-state index in [0.717, 1.165) is 19.5 Å². The molecule has 2 aromatic carbocycles. The molecular weight excluding hydrogens is 230 g/mol. The van der Waals surface area contributed by atoms with E-state index in [-0.39, 0.29) is 0 Å². The lowest BCUT2D eigenvalue weighted by Crippen LogP contribution is -2.29. The summed E-state index contributed by atoms with van der Waals surface area (Å²) in [4.78, 5) is 0. The zero-order valence-corrected chi connectivity index (χ0v) is 11.7. The second-order valence-corrected chi connectivity index (χ2v) is 5.66. The average molecular weight is 251 g/mol. The molecule has 98 valence electrons. The van der Waals surface area contributed by atoms with E-state index < -0.39 is 0 Å². The number of hydrogen-bond acceptors (Lipinski definition) is 1. The minimum atomic E-state index is 0.603. The van der Waals surface area contributed by atoms with Crippen molar-refractivity contribution in [2.24, 2.45) is 0 Å². The lowest BCUT2D eigenvalue weighted by atomic mass is 9.85. The first-order valence-corrected chi connectivity index (χ1v) is 7.08. The first-order chi connectivity index (χ1) is 9.24. The van der Waals surface area contributed by atoms with E-state index >= 15 is 0 Å². The van der Waals surface area contributed by atoms with Gasteiger partial charge in [-0.05, 0) is 42.5 Å². The fraction of sp³-hybridized carbons (Fsp3) is 0.333. The van der Waals surface area contributed by atoms with E-state index in [1.54, 1.807) is 0 Å². The number of hydrogen-bond donors (Lipinski definition) is 1. The van der Waals surface area contributed by atoms with Gasteiger partial charge >= 0.3 is 0 Å². The average Bonchev–Trinajstić information content (AvgIpc) is 2.42. The van der Waals surface area contributed by atoms with Crippen molar-refractivity contribution in [3.05, 3.63) is 70.3 Å². The Kier molecular flexibility index (Phi) is 3.39. The molecular formula is C18H21N. The van der Waals surface area contributed by atoms with Crippen LogP contribution >= 0.6 is 0 Å². The summed E-state index contributed by atoms with van der Waals surface area (Å²) in [7, 11) is 0. The van der Waals surface area contributed by atoms with Gasteiger partial charge in [-0.3, -0.25) is 0 Å². The van der Waals surface area contributed by atoms with E-state index in [4.69, 9.17) is 0 Å². The molecule has 2 aromatic rings. The highest BCUT2D eigenvalue weighted by molar-refractivity contribution is 5.37. The zero-order chi connectivity index (χ0) is 13.2. The maximum Gasteiger partial charge on any atom is 0.0208 e. The van der Waals surface area contributed by atoms with Crippen LogP contribution < -0.4 is 5.32 Å². The molecule has 0 radical (unpaired) electrons. The van der Waals surface area contributed by atoms with Gasteiger partial charge in [0.25, 0.3) is 0 Å². The van der Waals surface area contributed by atoms with Crippen molar-refractivity contribution in [1.29, 1.82) is 0 Å². The van der Waals surface area contributed by atoms with Crippen LogP contribution in [0.2, 0.25) is 0 Å². The highest BCUT2D eigenvalue weighted by atomic mass is 14.9. The van der Waals surface area contributed by atoms with Crippen LogP contribution in [0.4, 0.5) is 0 Å². The molecule has 0 saturated heterocycles. The summed E-state index contributed by atoms with van der Waals surface area (Å²) in [5.41, 5.74) is 7.24. The van der Waals surface area contributed by atoms with Crippen LogP contribution in [0.3, 0.4) is 0 Å². The maximum absolute atomic E-state index is 3.54. The predicted octanol–water partition coefficient (Wildman–Crippen LogP) is 3.73. The van der Waals surface area contributed by atoms with Gasteiger partial charge in [-0.15, -0.1) is 0 Å². The first kappa shape index (κ1) is 12.4. The van der Waals surface area contributed by atoms with E-state index in [2.05, 4.69) is 61.6 Å². The predicted molar refractivity (Wildman–Crippen MR) is 80.5 cm³/mol. The van der Waals surface area contributed by atoms with Crippen LogP contribution in [0.15, 0.2) is 42.5 Å². The number of rotatable bonds is 2. The van der Waals surface area contributed by atoms with Crippen LogP contribution in [0, 0.1) is 13.8 Å². The van der Waals surface area contributed by atoms with Crippen molar-refractivity contribution in [2.45, 2.75) is 32.7 Å². The second kappa shape index (κ2) is 5.18. The lowest BCUT2D eigenvalue weighted by molar-refractivity contribution is 0.538. The molecule has 1 nitrogen and oxygen atoms in total. The van der Waals surface area contributed by atoms with Gasteiger partial charge in [-0.2, -0.15) is 0 Å². The number of nitrogens with one attached hydrogen (secondary N) is 1. The van der Waals surface area contributed by atoms with Crippen LogP contribution in [0.5, 0.6) is 0 Å². The molecule has 0 aliphatic carbocycles. The molecule has 1 atom stereocenters. The SMILES string of the molecule is Cc1ccc(CC2CNCc3ccccc32)c(C)c1. The van der Waals surface area contributed by atoms with Gasteiger partial charge in [-0.25, -0.2) is 0 Å². The summed E-state index contributed by atoms with van der Waals surface area (Å²) in [6.45, 7) is 6.49. The van der Waals surface area contributed by atoms with E-state index in [1.807, 2.05) is 0 Å². The van der Waals surface area contributed by atoms with Crippen molar-refractivity contribution >= 4 is 0 Å². The van der Waals surface area contributed by atoms with Gasteiger partial charge in [0.1, 0.15) is 0 Å². The Morgan fingerprint density at radius 2 is 1.95 bits per heavy atom. The van der Waals surface area contributed by atoms with Gasteiger partial charge in [0.05, 0.1) is 0 Å². The van der Waals surface area contributed by atoms with Crippen molar-refractivity contribution in [3.63, 3.8) is 0 Å².